The van der Waals surface area contributed by atoms with Crippen LogP contribution in [0.25, 0.3) is 11.3 Å². The van der Waals surface area contributed by atoms with E-state index in [4.69, 9.17) is 5.73 Å². The highest BCUT2D eigenvalue weighted by molar-refractivity contribution is 6.01. The number of unbranched alkanes of at least 4 members (excludes halogenated alkanes) is 1. The van der Waals surface area contributed by atoms with Gasteiger partial charge in [0.25, 0.3) is 5.91 Å². The van der Waals surface area contributed by atoms with Gasteiger partial charge in [0, 0.05) is 11.1 Å². The molecule has 9 heteroatoms. The Kier molecular flexibility index (Phi) is 6.26. The maximum Gasteiger partial charge on any atom is 0.326 e. The van der Waals surface area contributed by atoms with E-state index < -0.39 is 17.9 Å². The highest BCUT2D eigenvalue weighted by Gasteiger charge is 2.22. The van der Waals surface area contributed by atoms with Crippen LogP contribution in [0.3, 0.4) is 0 Å². The average Bonchev–Trinajstić information content (AvgIpc) is 2.61. The van der Waals surface area contributed by atoms with Gasteiger partial charge in [-0.25, -0.2) is 4.79 Å². The number of nitrogens with two attached hydrogens (primary N) is 1. The van der Waals surface area contributed by atoms with E-state index in [0.29, 0.717) is 42.6 Å². The summed E-state index contributed by atoms with van der Waals surface area (Å²) in [5, 5.41) is 26.1. The number of hydrogen-bond acceptors (Lipinski definition) is 7. The number of carboxylic acids is 1. The summed E-state index contributed by atoms with van der Waals surface area (Å²) in [6.07, 6.45) is 3.02. The van der Waals surface area contributed by atoms with Gasteiger partial charge in [-0.05, 0) is 42.3 Å². The first-order chi connectivity index (χ1) is 11.6. The lowest BCUT2D eigenvalue weighted by Crippen LogP contribution is -2.41. The number of aliphatic carboxylic acids is 1. The zero-order valence-corrected chi connectivity index (χ0v) is 12.9. The van der Waals surface area contributed by atoms with Crippen molar-refractivity contribution in [3.05, 3.63) is 36.0 Å². The maximum atomic E-state index is 12.5. The Morgan fingerprint density at radius 3 is 2.67 bits per heavy atom. The van der Waals surface area contributed by atoms with Gasteiger partial charge in [-0.2, -0.15) is 0 Å². The van der Waals surface area contributed by atoms with Crippen molar-refractivity contribution in [2.24, 2.45) is 5.73 Å². The Hall–Kier alpha value is -2.94. The summed E-state index contributed by atoms with van der Waals surface area (Å²) >= 11 is 0. The van der Waals surface area contributed by atoms with Crippen LogP contribution in [0.4, 0.5) is 0 Å². The number of amides is 1. The molecule has 2 aromatic rings. The van der Waals surface area contributed by atoms with Gasteiger partial charge < -0.3 is 16.2 Å². The zero-order valence-electron chi connectivity index (χ0n) is 12.9. The van der Waals surface area contributed by atoms with Gasteiger partial charge in [-0.3, -0.25) is 4.79 Å². The summed E-state index contributed by atoms with van der Waals surface area (Å²) in [5.41, 5.74) is 6.59. The first kappa shape index (κ1) is 17.4. The molecule has 1 atom stereocenters. The predicted octanol–water partition coefficient (Wildman–Crippen LogP) is 0.246. The van der Waals surface area contributed by atoms with Crippen molar-refractivity contribution in [3.63, 3.8) is 0 Å². The molecular weight excluding hydrogens is 312 g/mol. The molecule has 1 aromatic carbocycles. The number of carbonyl (C=O) groups is 2. The number of carbonyl (C=O) groups excluding carboxylic acids is 1. The zero-order chi connectivity index (χ0) is 17.4. The van der Waals surface area contributed by atoms with E-state index in [1.165, 1.54) is 6.20 Å². The van der Waals surface area contributed by atoms with Crippen LogP contribution in [0.2, 0.25) is 0 Å². The highest BCUT2D eigenvalue weighted by Crippen LogP contribution is 2.20. The number of rotatable bonds is 8. The van der Waals surface area contributed by atoms with Crippen LogP contribution in [-0.4, -0.2) is 50.2 Å². The summed E-state index contributed by atoms with van der Waals surface area (Å²) < 4.78 is 0. The molecule has 9 nitrogen and oxygen atoms in total. The van der Waals surface area contributed by atoms with Crippen LogP contribution >= 0.6 is 0 Å². The molecule has 0 fully saturated rings. The fourth-order valence-electron chi connectivity index (χ4n) is 2.21. The van der Waals surface area contributed by atoms with Crippen LogP contribution in [-0.2, 0) is 4.79 Å². The molecule has 0 aliphatic carbocycles. The molecule has 1 amide bonds. The smallest absolute Gasteiger partial charge is 0.326 e. The normalized spacial score (nSPS) is 11.7. The minimum absolute atomic E-state index is 0.296. The quantitative estimate of drug-likeness (QED) is 0.584. The molecule has 0 unspecified atom stereocenters. The Morgan fingerprint density at radius 1 is 1.21 bits per heavy atom. The van der Waals surface area contributed by atoms with Crippen molar-refractivity contribution >= 4 is 11.9 Å². The summed E-state index contributed by atoms with van der Waals surface area (Å²) in [5.74, 6) is -1.58. The number of hydrogen-bond donors (Lipinski definition) is 3. The fourth-order valence-corrected chi connectivity index (χ4v) is 2.21. The molecule has 1 heterocycles. The van der Waals surface area contributed by atoms with Gasteiger partial charge in [0.05, 0.1) is 6.20 Å². The second-order valence-electron chi connectivity index (χ2n) is 5.10. The monoisotopic (exact) mass is 330 g/mol. The number of nitrogens with one attached hydrogen (secondary N) is 1. The van der Waals surface area contributed by atoms with Crippen molar-refractivity contribution in [3.8, 4) is 11.3 Å². The Bertz CT molecular complexity index is 695. The minimum atomic E-state index is -1.08. The predicted molar refractivity (Wildman–Crippen MR) is 84.9 cm³/mol. The third-order valence-corrected chi connectivity index (χ3v) is 3.42. The third-order valence-electron chi connectivity index (χ3n) is 3.42. The van der Waals surface area contributed by atoms with Gasteiger partial charge in [-0.1, -0.05) is 18.2 Å². The lowest BCUT2D eigenvalue weighted by molar-refractivity contribution is -0.139. The van der Waals surface area contributed by atoms with Crippen molar-refractivity contribution in [2.75, 3.05) is 6.54 Å². The summed E-state index contributed by atoms with van der Waals surface area (Å²) in [7, 11) is 0. The van der Waals surface area contributed by atoms with Gasteiger partial charge >= 0.3 is 5.97 Å². The topological polar surface area (TPSA) is 144 Å². The molecule has 1 aromatic heterocycles. The van der Waals surface area contributed by atoms with Gasteiger partial charge in [0.15, 0.2) is 0 Å². The van der Waals surface area contributed by atoms with Crippen LogP contribution < -0.4 is 11.1 Å². The molecule has 0 saturated carbocycles. The first-order valence-electron chi connectivity index (χ1n) is 7.47. The molecule has 24 heavy (non-hydrogen) atoms. The molecule has 0 radical (unpaired) electrons. The molecule has 0 aliphatic rings. The molecule has 0 spiro atoms. The van der Waals surface area contributed by atoms with Crippen LogP contribution in [0.15, 0.2) is 30.5 Å². The molecule has 0 bridgehead atoms. The van der Waals surface area contributed by atoms with Crippen LogP contribution in [0.5, 0.6) is 0 Å². The largest absolute Gasteiger partial charge is 0.480 e. The number of carboxylic acid groups (broad SMARTS) is 1. The second-order valence-corrected chi connectivity index (χ2v) is 5.10. The standard InChI is InChI=1S/C15H18N6O3/c16-8-4-3-7-12(15(23)24)18-14(22)11-6-2-1-5-10(11)13-9-17-20-21-19-13/h1-2,5-6,9,12H,3-4,7-8,16H2,(H,18,22)(H,23,24)/t12-/m0/s1. The van der Waals surface area contributed by atoms with Gasteiger partial charge in [0.1, 0.15) is 11.7 Å². The molecular formula is C15H18N6O3. The van der Waals surface area contributed by atoms with Crippen molar-refractivity contribution in [1.29, 1.82) is 0 Å². The SMILES string of the molecule is NCCCC[C@H](NC(=O)c1ccccc1-c1cnnnn1)C(=O)O. The second kappa shape index (κ2) is 8.63. The fraction of sp³-hybridized carbons (Fsp3) is 0.333. The summed E-state index contributed by atoms with van der Waals surface area (Å²) in [6, 6.07) is 5.73. The van der Waals surface area contributed by atoms with Crippen molar-refractivity contribution < 1.29 is 14.7 Å². The van der Waals surface area contributed by atoms with Crippen LogP contribution in [0.1, 0.15) is 29.6 Å². The Balaban J connectivity index is 2.19. The highest BCUT2D eigenvalue weighted by atomic mass is 16.4. The van der Waals surface area contributed by atoms with Crippen LogP contribution in [0, 0.1) is 0 Å². The lowest BCUT2D eigenvalue weighted by atomic mass is 10.0. The first-order valence-corrected chi connectivity index (χ1v) is 7.47. The molecule has 4 N–H and O–H groups in total. The van der Waals surface area contributed by atoms with Gasteiger partial charge in [-0.15, -0.1) is 10.2 Å². The molecule has 0 saturated heterocycles. The maximum absolute atomic E-state index is 12.5. The van der Waals surface area contributed by atoms with E-state index >= 15 is 0 Å². The summed E-state index contributed by atoms with van der Waals surface area (Å²) in [6.45, 7) is 0.483. The van der Waals surface area contributed by atoms with E-state index in [9.17, 15) is 14.7 Å². The average molecular weight is 330 g/mol. The number of benzene rings is 1. The van der Waals surface area contributed by atoms with Gasteiger partial charge in [0.2, 0.25) is 0 Å². The lowest BCUT2D eigenvalue weighted by Gasteiger charge is -2.15. The molecule has 126 valence electrons. The van der Waals surface area contributed by atoms with E-state index in [0.717, 1.165) is 0 Å². The van der Waals surface area contributed by atoms with E-state index in [1.54, 1.807) is 24.3 Å². The van der Waals surface area contributed by atoms with Crippen molar-refractivity contribution in [2.45, 2.75) is 25.3 Å². The Morgan fingerprint density at radius 2 is 2.00 bits per heavy atom. The Labute approximate surface area is 138 Å². The van der Waals surface area contributed by atoms with E-state index in [2.05, 4.69) is 25.9 Å². The molecule has 2 rings (SSSR count). The summed E-state index contributed by atoms with van der Waals surface area (Å²) in [4.78, 5) is 23.8. The third kappa shape index (κ3) is 4.53. The molecule has 0 aliphatic heterocycles. The van der Waals surface area contributed by atoms with Crippen molar-refractivity contribution in [1.82, 2.24) is 25.9 Å². The number of nitrogens with zero attached hydrogens (tertiary/aromatic N) is 4. The van der Waals surface area contributed by atoms with E-state index in [1.807, 2.05) is 0 Å². The van der Waals surface area contributed by atoms with E-state index in [-0.39, 0.29) is 0 Å². The number of aromatic nitrogens is 4. The minimum Gasteiger partial charge on any atom is -0.480 e.